The standard InChI is InChI=1S/C5H9N3O/c1-2-3-5(9)4-7-8-6/h2-3,5,9H,4H2,1H3. The molecule has 0 aliphatic heterocycles. The first-order valence-electron chi connectivity index (χ1n) is 2.63. The van der Waals surface area contributed by atoms with E-state index in [1.807, 2.05) is 0 Å². The summed E-state index contributed by atoms with van der Waals surface area (Å²) in [4.78, 5) is 2.49. The molecule has 0 aromatic rings. The lowest BCUT2D eigenvalue weighted by Crippen LogP contribution is -2.04. The molecule has 0 fully saturated rings. The van der Waals surface area contributed by atoms with Crippen molar-refractivity contribution in [2.24, 2.45) is 5.11 Å². The van der Waals surface area contributed by atoms with E-state index in [0.717, 1.165) is 0 Å². The maximum atomic E-state index is 8.83. The Labute approximate surface area is 53.4 Å². The summed E-state index contributed by atoms with van der Waals surface area (Å²) in [5.41, 5.74) is 7.81. The number of hydrogen-bond donors (Lipinski definition) is 1. The van der Waals surface area contributed by atoms with Crippen LogP contribution in [0.4, 0.5) is 0 Å². The van der Waals surface area contributed by atoms with Gasteiger partial charge in [-0.3, -0.25) is 0 Å². The molecule has 50 valence electrons. The SMILES string of the molecule is CC=CC(O)CN=[N+]=[N-]. The Kier molecular flexibility index (Phi) is 4.59. The number of allylic oxidation sites excluding steroid dienone is 1. The fourth-order valence-electron chi connectivity index (χ4n) is 0.403. The van der Waals surface area contributed by atoms with E-state index in [-0.39, 0.29) is 6.54 Å². The van der Waals surface area contributed by atoms with E-state index in [4.69, 9.17) is 10.6 Å². The zero-order chi connectivity index (χ0) is 7.11. The maximum Gasteiger partial charge on any atom is 0.0777 e. The molecule has 0 spiro atoms. The molecule has 0 bridgehead atoms. The van der Waals surface area contributed by atoms with Crippen LogP contribution in [0.2, 0.25) is 0 Å². The Balaban J connectivity index is 3.49. The van der Waals surface area contributed by atoms with Gasteiger partial charge in [0.2, 0.25) is 0 Å². The van der Waals surface area contributed by atoms with Gasteiger partial charge >= 0.3 is 0 Å². The van der Waals surface area contributed by atoms with Crippen LogP contribution in [0.5, 0.6) is 0 Å². The van der Waals surface area contributed by atoms with Crippen molar-refractivity contribution in [1.82, 2.24) is 0 Å². The molecule has 1 N–H and O–H groups in total. The van der Waals surface area contributed by atoms with Crippen LogP contribution in [0.1, 0.15) is 6.92 Å². The predicted octanol–water partition coefficient (Wildman–Crippen LogP) is 1.23. The van der Waals surface area contributed by atoms with E-state index < -0.39 is 6.10 Å². The number of rotatable bonds is 3. The Bertz CT molecular complexity index is 137. The number of aliphatic hydroxyl groups is 1. The summed E-state index contributed by atoms with van der Waals surface area (Å²) in [5, 5.41) is 12.0. The van der Waals surface area contributed by atoms with E-state index >= 15 is 0 Å². The summed E-state index contributed by atoms with van der Waals surface area (Å²) in [6.07, 6.45) is 2.64. The summed E-state index contributed by atoms with van der Waals surface area (Å²) in [6.45, 7) is 1.90. The fraction of sp³-hybridized carbons (Fsp3) is 0.600. The summed E-state index contributed by atoms with van der Waals surface area (Å²) < 4.78 is 0. The third-order valence-electron chi connectivity index (χ3n) is 0.747. The zero-order valence-corrected chi connectivity index (χ0v) is 5.23. The van der Waals surface area contributed by atoms with Crippen LogP contribution < -0.4 is 0 Å². The van der Waals surface area contributed by atoms with E-state index in [1.54, 1.807) is 19.1 Å². The van der Waals surface area contributed by atoms with Gasteiger partial charge in [0.25, 0.3) is 0 Å². The van der Waals surface area contributed by atoms with Crippen molar-refractivity contribution in [3.8, 4) is 0 Å². The molecule has 4 nitrogen and oxygen atoms in total. The summed E-state index contributed by atoms with van der Waals surface area (Å²) in [7, 11) is 0. The van der Waals surface area contributed by atoms with E-state index in [1.165, 1.54) is 0 Å². The molecule has 0 aromatic heterocycles. The molecule has 4 heteroatoms. The molecule has 0 amide bonds. The van der Waals surface area contributed by atoms with E-state index in [9.17, 15) is 0 Å². The lowest BCUT2D eigenvalue weighted by atomic mass is 10.3. The molecule has 0 saturated heterocycles. The number of hydrogen-bond acceptors (Lipinski definition) is 2. The lowest BCUT2D eigenvalue weighted by molar-refractivity contribution is 0.231. The van der Waals surface area contributed by atoms with E-state index in [2.05, 4.69) is 10.0 Å². The monoisotopic (exact) mass is 127 g/mol. The molecular weight excluding hydrogens is 118 g/mol. The first-order chi connectivity index (χ1) is 4.31. The summed E-state index contributed by atoms with van der Waals surface area (Å²) >= 11 is 0. The highest BCUT2D eigenvalue weighted by atomic mass is 16.3. The average Bonchev–Trinajstić information content (AvgIpc) is 1.85. The Morgan fingerprint density at radius 1 is 1.89 bits per heavy atom. The maximum absolute atomic E-state index is 8.83. The Hall–Kier alpha value is -0.990. The fourth-order valence-corrected chi connectivity index (χ4v) is 0.403. The third kappa shape index (κ3) is 4.87. The molecule has 0 aromatic carbocycles. The lowest BCUT2D eigenvalue weighted by Gasteiger charge is -1.95. The average molecular weight is 127 g/mol. The minimum atomic E-state index is -0.633. The van der Waals surface area contributed by atoms with Gasteiger partial charge in [-0.1, -0.05) is 17.3 Å². The highest BCUT2D eigenvalue weighted by molar-refractivity contribution is 4.86. The zero-order valence-electron chi connectivity index (χ0n) is 5.23. The van der Waals surface area contributed by atoms with Crippen LogP contribution >= 0.6 is 0 Å². The van der Waals surface area contributed by atoms with Crippen LogP contribution in [-0.4, -0.2) is 17.8 Å². The van der Waals surface area contributed by atoms with Gasteiger partial charge in [-0.25, -0.2) is 0 Å². The first kappa shape index (κ1) is 8.01. The molecule has 0 heterocycles. The third-order valence-corrected chi connectivity index (χ3v) is 0.747. The minimum Gasteiger partial charge on any atom is -0.389 e. The number of nitrogens with zero attached hydrogens (tertiary/aromatic N) is 3. The number of azide groups is 1. The minimum absolute atomic E-state index is 0.112. The predicted molar refractivity (Wildman–Crippen MR) is 34.8 cm³/mol. The van der Waals surface area contributed by atoms with Crippen LogP contribution in [0, 0.1) is 0 Å². The van der Waals surface area contributed by atoms with Gasteiger partial charge in [-0.15, -0.1) is 0 Å². The van der Waals surface area contributed by atoms with Gasteiger partial charge in [0, 0.05) is 4.91 Å². The van der Waals surface area contributed by atoms with Crippen molar-refractivity contribution in [1.29, 1.82) is 0 Å². The topological polar surface area (TPSA) is 69.0 Å². The second kappa shape index (κ2) is 5.15. The molecule has 1 unspecified atom stereocenters. The Morgan fingerprint density at radius 2 is 2.56 bits per heavy atom. The van der Waals surface area contributed by atoms with Crippen LogP contribution in [0.3, 0.4) is 0 Å². The van der Waals surface area contributed by atoms with Crippen molar-refractivity contribution in [3.05, 3.63) is 22.6 Å². The normalized spacial score (nSPS) is 13.1. The molecular formula is C5H9N3O. The molecule has 0 aliphatic carbocycles. The van der Waals surface area contributed by atoms with Crippen molar-refractivity contribution in [2.75, 3.05) is 6.54 Å². The second-order valence-electron chi connectivity index (χ2n) is 1.51. The molecule has 0 rings (SSSR count). The smallest absolute Gasteiger partial charge is 0.0777 e. The van der Waals surface area contributed by atoms with Gasteiger partial charge in [-0.2, -0.15) is 0 Å². The first-order valence-corrected chi connectivity index (χ1v) is 2.63. The van der Waals surface area contributed by atoms with Gasteiger partial charge in [0.1, 0.15) is 0 Å². The Morgan fingerprint density at radius 3 is 3.00 bits per heavy atom. The summed E-state index contributed by atoms with van der Waals surface area (Å²) in [6, 6.07) is 0. The van der Waals surface area contributed by atoms with Gasteiger partial charge in [-0.05, 0) is 12.5 Å². The van der Waals surface area contributed by atoms with Crippen molar-refractivity contribution >= 4 is 0 Å². The highest BCUT2D eigenvalue weighted by Gasteiger charge is 1.92. The molecule has 0 saturated carbocycles. The summed E-state index contributed by atoms with van der Waals surface area (Å²) in [5.74, 6) is 0. The van der Waals surface area contributed by atoms with Crippen molar-refractivity contribution < 1.29 is 5.11 Å². The van der Waals surface area contributed by atoms with Crippen molar-refractivity contribution in [3.63, 3.8) is 0 Å². The number of aliphatic hydroxyl groups excluding tert-OH is 1. The molecule has 0 radical (unpaired) electrons. The highest BCUT2D eigenvalue weighted by Crippen LogP contribution is 1.86. The molecule has 0 aliphatic rings. The largest absolute Gasteiger partial charge is 0.389 e. The van der Waals surface area contributed by atoms with Gasteiger partial charge in [0.05, 0.1) is 12.6 Å². The van der Waals surface area contributed by atoms with Crippen LogP contribution in [-0.2, 0) is 0 Å². The quantitative estimate of drug-likeness (QED) is 0.263. The van der Waals surface area contributed by atoms with Crippen LogP contribution in [0.15, 0.2) is 17.3 Å². The van der Waals surface area contributed by atoms with E-state index in [0.29, 0.717) is 0 Å². The molecule has 9 heavy (non-hydrogen) atoms. The van der Waals surface area contributed by atoms with Crippen LogP contribution in [0.25, 0.3) is 10.4 Å². The second-order valence-corrected chi connectivity index (χ2v) is 1.51. The van der Waals surface area contributed by atoms with Gasteiger partial charge in [0.15, 0.2) is 0 Å². The molecule has 1 atom stereocenters. The van der Waals surface area contributed by atoms with Crippen molar-refractivity contribution in [2.45, 2.75) is 13.0 Å². The van der Waals surface area contributed by atoms with Gasteiger partial charge < -0.3 is 5.11 Å².